The van der Waals surface area contributed by atoms with Gasteiger partial charge in [0.05, 0.1) is 0 Å². The van der Waals surface area contributed by atoms with Crippen LogP contribution in [-0.2, 0) is 0 Å². The molecule has 9 heavy (non-hydrogen) atoms. The van der Waals surface area contributed by atoms with Crippen LogP contribution in [0.2, 0.25) is 5.82 Å². The summed E-state index contributed by atoms with van der Waals surface area (Å²) >= 11 is 0. The quantitative estimate of drug-likeness (QED) is 0.429. The fourth-order valence-electron chi connectivity index (χ4n) is 2.63. The fraction of sp³-hybridized carbons (Fsp3) is 1.00. The summed E-state index contributed by atoms with van der Waals surface area (Å²) in [4.78, 5) is 0. The Morgan fingerprint density at radius 1 is 1.22 bits per heavy atom. The Labute approximate surface area is 58.4 Å². The van der Waals surface area contributed by atoms with Gasteiger partial charge >= 0.3 is 0 Å². The first-order chi connectivity index (χ1) is 4.31. The van der Waals surface area contributed by atoms with Crippen molar-refractivity contribution in [2.75, 3.05) is 0 Å². The fourth-order valence-corrected chi connectivity index (χ4v) is 2.63. The molecule has 1 unspecified atom stereocenters. The SMILES string of the molecule is BC1CCC2(CCC2)C1. The van der Waals surface area contributed by atoms with E-state index >= 15 is 0 Å². The van der Waals surface area contributed by atoms with Gasteiger partial charge in [-0.3, -0.25) is 0 Å². The van der Waals surface area contributed by atoms with E-state index in [0.717, 1.165) is 11.2 Å². The molecule has 1 heteroatoms. The molecule has 2 rings (SSSR count). The van der Waals surface area contributed by atoms with Crippen LogP contribution >= 0.6 is 0 Å². The van der Waals surface area contributed by atoms with E-state index in [1.165, 1.54) is 12.8 Å². The molecule has 0 N–H and O–H groups in total. The zero-order chi connectivity index (χ0) is 6.32. The summed E-state index contributed by atoms with van der Waals surface area (Å²) in [5, 5.41) is 0. The van der Waals surface area contributed by atoms with E-state index in [1.54, 1.807) is 25.7 Å². The van der Waals surface area contributed by atoms with Crippen LogP contribution in [0.4, 0.5) is 0 Å². The van der Waals surface area contributed by atoms with Gasteiger partial charge in [-0.05, 0) is 24.7 Å². The molecule has 0 saturated heterocycles. The van der Waals surface area contributed by atoms with Crippen LogP contribution in [-0.4, -0.2) is 7.85 Å². The first-order valence-corrected chi connectivity index (χ1v) is 4.31. The van der Waals surface area contributed by atoms with E-state index < -0.39 is 0 Å². The molecule has 2 saturated carbocycles. The molecule has 1 atom stereocenters. The lowest BCUT2D eigenvalue weighted by Gasteiger charge is -2.38. The van der Waals surface area contributed by atoms with Crippen molar-refractivity contribution in [2.45, 2.75) is 44.3 Å². The molecule has 50 valence electrons. The second-order valence-electron chi connectivity index (χ2n) is 4.20. The summed E-state index contributed by atoms with van der Waals surface area (Å²) in [6.07, 6.45) is 9.24. The summed E-state index contributed by atoms with van der Waals surface area (Å²) in [6.45, 7) is 0. The molecule has 0 nitrogen and oxygen atoms in total. The van der Waals surface area contributed by atoms with Gasteiger partial charge in [-0.2, -0.15) is 0 Å². The van der Waals surface area contributed by atoms with Crippen molar-refractivity contribution in [1.82, 2.24) is 0 Å². The molecule has 0 bridgehead atoms. The smallest absolute Gasteiger partial charge is 0.0692 e. The summed E-state index contributed by atoms with van der Waals surface area (Å²) in [6, 6.07) is 0. The number of hydrogen-bond donors (Lipinski definition) is 0. The molecule has 2 aliphatic carbocycles. The molecule has 2 fully saturated rings. The first kappa shape index (κ1) is 5.82. The Balaban J connectivity index is 1.99. The standard InChI is InChI=1S/C8H15B/c9-7-2-5-8(6-7)3-1-4-8/h7H,1-6,9H2. The van der Waals surface area contributed by atoms with E-state index in [2.05, 4.69) is 7.85 Å². The maximum absolute atomic E-state index is 2.41. The Kier molecular flexibility index (Phi) is 1.15. The monoisotopic (exact) mass is 122 g/mol. The van der Waals surface area contributed by atoms with Gasteiger partial charge in [0.2, 0.25) is 0 Å². The summed E-state index contributed by atoms with van der Waals surface area (Å²) in [7, 11) is 2.41. The van der Waals surface area contributed by atoms with Crippen molar-refractivity contribution in [3.8, 4) is 0 Å². The Morgan fingerprint density at radius 2 is 2.00 bits per heavy atom. The average molecular weight is 122 g/mol. The minimum absolute atomic E-state index is 0.888. The zero-order valence-corrected chi connectivity index (χ0v) is 6.32. The highest BCUT2D eigenvalue weighted by Gasteiger charge is 2.41. The zero-order valence-electron chi connectivity index (χ0n) is 6.32. The van der Waals surface area contributed by atoms with E-state index in [0.29, 0.717) is 0 Å². The highest BCUT2D eigenvalue weighted by atomic mass is 14.5. The molecule has 0 amide bonds. The van der Waals surface area contributed by atoms with Gasteiger partial charge in [0.1, 0.15) is 7.85 Å². The van der Waals surface area contributed by atoms with Gasteiger partial charge in [-0.1, -0.05) is 25.1 Å². The van der Waals surface area contributed by atoms with Gasteiger partial charge in [0.15, 0.2) is 0 Å². The minimum Gasteiger partial charge on any atom is -0.0692 e. The van der Waals surface area contributed by atoms with Crippen LogP contribution in [0.1, 0.15) is 38.5 Å². The van der Waals surface area contributed by atoms with Crippen molar-refractivity contribution in [3.63, 3.8) is 0 Å². The second-order valence-corrected chi connectivity index (χ2v) is 4.20. The Hall–Kier alpha value is 0.0649. The lowest BCUT2D eigenvalue weighted by Crippen LogP contribution is -2.25. The van der Waals surface area contributed by atoms with E-state index in [4.69, 9.17) is 0 Å². The normalized spacial score (nSPS) is 38.9. The average Bonchev–Trinajstić information content (AvgIpc) is 2.09. The lowest BCUT2D eigenvalue weighted by molar-refractivity contribution is 0.144. The van der Waals surface area contributed by atoms with Crippen molar-refractivity contribution >= 4 is 7.85 Å². The van der Waals surface area contributed by atoms with Crippen molar-refractivity contribution < 1.29 is 0 Å². The second kappa shape index (κ2) is 1.77. The molecule has 0 aromatic carbocycles. The van der Waals surface area contributed by atoms with Gasteiger partial charge in [-0.25, -0.2) is 0 Å². The van der Waals surface area contributed by atoms with Gasteiger partial charge in [0.25, 0.3) is 0 Å². The molecule has 1 spiro atoms. The molecule has 0 aromatic heterocycles. The highest BCUT2D eigenvalue weighted by Crippen LogP contribution is 2.55. The van der Waals surface area contributed by atoms with E-state index in [1.807, 2.05) is 0 Å². The van der Waals surface area contributed by atoms with Crippen LogP contribution in [0.5, 0.6) is 0 Å². The van der Waals surface area contributed by atoms with E-state index in [-0.39, 0.29) is 0 Å². The summed E-state index contributed by atoms with van der Waals surface area (Å²) in [5.74, 6) is 1.05. The molecular formula is C8H15B. The van der Waals surface area contributed by atoms with Crippen LogP contribution < -0.4 is 0 Å². The molecule has 0 aliphatic heterocycles. The summed E-state index contributed by atoms with van der Waals surface area (Å²) < 4.78 is 0. The topological polar surface area (TPSA) is 0 Å². The van der Waals surface area contributed by atoms with Gasteiger partial charge in [0, 0.05) is 0 Å². The molecule has 0 heterocycles. The number of rotatable bonds is 0. The van der Waals surface area contributed by atoms with Gasteiger partial charge in [-0.15, -0.1) is 0 Å². The molecule has 0 radical (unpaired) electrons. The predicted octanol–water partition coefficient (Wildman–Crippen LogP) is 1.76. The lowest BCUT2D eigenvalue weighted by atomic mass is 9.66. The van der Waals surface area contributed by atoms with Crippen molar-refractivity contribution in [3.05, 3.63) is 0 Å². The third-order valence-electron chi connectivity index (χ3n) is 3.36. The molecule has 2 aliphatic rings. The maximum Gasteiger partial charge on any atom is 0.105 e. The van der Waals surface area contributed by atoms with Gasteiger partial charge < -0.3 is 0 Å². The Morgan fingerprint density at radius 3 is 2.22 bits per heavy atom. The third-order valence-corrected chi connectivity index (χ3v) is 3.36. The van der Waals surface area contributed by atoms with E-state index in [9.17, 15) is 0 Å². The third kappa shape index (κ3) is 0.816. The van der Waals surface area contributed by atoms with Crippen LogP contribution in [0.3, 0.4) is 0 Å². The molecule has 0 aromatic rings. The maximum atomic E-state index is 2.41. The first-order valence-electron chi connectivity index (χ1n) is 4.31. The summed E-state index contributed by atoms with van der Waals surface area (Å²) in [5.41, 5.74) is 0.888. The highest BCUT2D eigenvalue weighted by molar-refractivity contribution is 6.11. The number of hydrogen-bond acceptors (Lipinski definition) is 0. The minimum atomic E-state index is 0.888. The largest absolute Gasteiger partial charge is 0.105 e. The Bertz CT molecular complexity index is 116. The van der Waals surface area contributed by atoms with Crippen molar-refractivity contribution in [1.29, 1.82) is 0 Å². The van der Waals surface area contributed by atoms with Crippen LogP contribution in [0, 0.1) is 5.41 Å². The van der Waals surface area contributed by atoms with Crippen LogP contribution in [0.25, 0.3) is 0 Å². The van der Waals surface area contributed by atoms with Crippen LogP contribution in [0.15, 0.2) is 0 Å². The van der Waals surface area contributed by atoms with Crippen molar-refractivity contribution in [2.24, 2.45) is 5.41 Å². The predicted molar refractivity (Wildman–Crippen MR) is 42.4 cm³/mol. The molecular weight excluding hydrogens is 107 g/mol.